The maximum absolute atomic E-state index is 12.4. The van der Waals surface area contributed by atoms with Gasteiger partial charge in [-0.3, -0.25) is 4.79 Å². The maximum atomic E-state index is 12.4. The molecule has 1 N–H and O–H groups in total. The average molecular weight is 385 g/mol. The lowest BCUT2D eigenvalue weighted by Crippen LogP contribution is -2.28. The quantitative estimate of drug-likeness (QED) is 0.579. The van der Waals surface area contributed by atoms with Gasteiger partial charge >= 0.3 is 0 Å². The van der Waals surface area contributed by atoms with Crippen LogP contribution in [0.4, 0.5) is 0 Å². The monoisotopic (exact) mass is 384 g/mol. The molecule has 0 aromatic heterocycles. The first-order valence-corrected chi connectivity index (χ1v) is 10.1. The van der Waals surface area contributed by atoms with E-state index in [0.29, 0.717) is 19.6 Å². The summed E-state index contributed by atoms with van der Waals surface area (Å²) in [6.07, 6.45) is 0.700. The molecule has 0 saturated carbocycles. The normalized spacial score (nSPS) is 14.5. The number of amides is 1. The second-order valence-electron chi connectivity index (χ2n) is 6.19. The van der Waals surface area contributed by atoms with E-state index < -0.39 is 0 Å². The van der Waals surface area contributed by atoms with Gasteiger partial charge in [0.1, 0.15) is 13.2 Å². The van der Waals surface area contributed by atoms with Crippen LogP contribution >= 0.6 is 11.8 Å². The molecule has 3 rings (SSSR count). The third-order valence-electron chi connectivity index (χ3n) is 4.22. The van der Waals surface area contributed by atoms with E-state index in [9.17, 15) is 4.79 Å². The van der Waals surface area contributed by atoms with Crippen LogP contribution in [0.5, 0.6) is 11.5 Å². The number of thioether (sulfide) groups is 1. The largest absolute Gasteiger partial charge is 0.486 e. The van der Waals surface area contributed by atoms with Gasteiger partial charge in [-0.2, -0.15) is 5.10 Å². The zero-order valence-electron chi connectivity index (χ0n) is 15.6. The van der Waals surface area contributed by atoms with Crippen molar-refractivity contribution in [3.8, 4) is 11.5 Å². The second kappa shape index (κ2) is 9.46. The van der Waals surface area contributed by atoms with Gasteiger partial charge in [0.05, 0.1) is 11.0 Å². The molecule has 0 bridgehead atoms. The number of fused-ring (bicyclic) bond motifs is 1. The Morgan fingerprint density at radius 3 is 2.63 bits per heavy atom. The van der Waals surface area contributed by atoms with E-state index in [1.54, 1.807) is 11.8 Å². The highest BCUT2D eigenvalue weighted by atomic mass is 32.2. The van der Waals surface area contributed by atoms with Crippen molar-refractivity contribution >= 4 is 23.4 Å². The Hall–Kier alpha value is -2.47. The highest BCUT2D eigenvalue weighted by molar-refractivity contribution is 7.99. The summed E-state index contributed by atoms with van der Waals surface area (Å²) in [5.41, 5.74) is 5.64. The summed E-state index contributed by atoms with van der Waals surface area (Å²) in [6, 6.07) is 15.9. The molecule has 142 valence electrons. The van der Waals surface area contributed by atoms with Crippen molar-refractivity contribution in [1.29, 1.82) is 0 Å². The van der Waals surface area contributed by atoms with Crippen LogP contribution in [-0.2, 0) is 10.5 Å². The fourth-order valence-corrected chi connectivity index (χ4v) is 3.49. The molecule has 2 aromatic rings. The van der Waals surface area contributed by atoms with Crippen molar-refractivity contribution in [3.05, 3.63) is 59.7 Å². The molecule has 1 atom stereocenters. The van der Waals surface area contributed by atoms with E-state index in [0.717, 1.165) is 28.5 Å². The van der Waals surface area contributed by atoms with Crippen molar-refractivity contribution in [2.45, 2.75) is 31.3 Å². The van der Waals surface area contributed by atoms with Crippen LogP contribution in [0, 0.1) is 0 Å². The van der Waals surface area contributed by atoms with Crippen LogP contribution in [-0.4, -0.2) is 30.1 Å². The van der Waals surface area contributed by atoms with E-state index >= 15 is 0 Å². The van der Waals surface area contributed by atoms with Gasteiger partial charge in [-0.05, 0) is 37.1 Å². The van der Waals surface area contributed by atoms with E-state index in [1.165, 1.54) is 5.56 Å². The van der Waals surface area contributed by atoms with Crippen molar-refractivity contribution in [2.24, 2.45) is 5.10 Å². The predicted molar refractivity (Wildman–Crippen MR) is 110 cm³/mol. The SMILES string of the molecule is CCC(=NNC(=O)C(C)SCc1ccccc1)c1ccc2c(c1)OCCO2. The van der Waals surface area contributed by atoms with E-state index in [4.69, 9.17) is 9.47 Å². The molecule has 1 amide bonds. The third kappa shape index (κ3) is 5.26. The molecule has 2 aromatic carbocycles. The molecular formula is C21H24N2O3S. The third-order valence-corrected chi connectivity index (χ3v) is 5.44. The van der Waals surface area contributed by atoms with Crippen molar-refractivity contribution < 1.29 is 14.3 Å². The molecule has 0 spiro atoms. The number of ether oxygens (including phenoxy) is 2. The van der Waals surface area contributed by atoms with E-state index in [2.05, 4.69) is 22.7 Å². The molecular weight excluding hydrogens is 360 g/mol. The van der Waals surface area contributed by atoms with Gasteiger partial charge in [0, 0.05) is 11.3 Å². The number of nitrogens with one attached hydrogen (secondary N) is 1. The van der Waals surface area contributed by atoms with Crippen LogP contribution < -0.4 is 14.9 Å². The molecule has 27 heavy (non-hydrogen) atoms. The number of rotatable bonds is 7. The van der Waals surface area contributed by atoms with Gasteiger partial charge in [0.15, 0.2) is 11.5 Å². The van der Waals surface area contributed by atoms with Gasteiger partial charge < -0.3 is 9.47 Å². The molecule has 0 saturated heterocycles. The molecule has 1 aliphatic heterocycles. The molecule has 1 aliphatic rings. The van der Waals surface area contributed by atoms with E-state index in [1.807, 2.05) is 50.2 Å². The summed E-state index contributed by atoms with van der Waals surface area (Å²) in [4.78, 5) is 12.4. The van der Waals surface area contributed by atoms with Gasteiger partial charge in [0.25, 0.3) is 5.91 Å². The Kier molecular flexibility index (Phi) is 6.76. The van der Waals surface area contributed by atoms with Crippen LogP contribution in [0.15, 0.2) is 53.6 Å². The molecule has 0 fully saturated rings. The van der Waals surface area contributed by atoms with Gasteiger partial charge in [-0.25, -0.2) is 5.43 Å². The number of hydrazone groups is 1. The number of hydrogen-bond donors (Lipinski definition) is 1. The molecule has 6 heteroatoms. The first kappa shape index (κ1) is 19.3. The summed E-state index contributed by atoms with van der Waals surface area (Å²) in [6.45, 7) is 5.02. The number of carbonyl (C=O) groups excluding carboxylic acids is 1. The summed E-state index contributed by atoms with van der Waals surface area (Å²) in [7, 11) is 0. The summed E-state index contributed by atoms with van der Waals surface area (Å²) >= 11 is 1.59. The molecule has 0 aliphatic carbocycles. The Morgan fingerprint density at radius 2 is 1.89 bits per heavy atom. The van der Waals surface area contributed by atoms with Crippen molar-refractivity contribution in [2.75, 3.05) is 13.2 Å². The Bertz CT molecular complexity index is 808. The smallest absolute Gasteiger partial charge is 0.252 e. The number of benzene rings is 2. The Labute approximate surface area is 164 Å². The lowest BCUT2D eigenvalue weighted by molar-refractivity contribution is -0.120. The fraction of sp³-hybridized carbons (Fsp3) is 0.333. The zero-order valence-corrected chi connectivity index (χ0v) is 16.4. The van der Waals surface area contributed by atoms with Gasteiger partial charge in [-0.15, -0.1) is 11.8 Å². The highest BCUT2D eigenvalue weighted by Crippen LogP contribution is 2.31. The van der Waals surface area contributed by atoms with Crippen molar-refractivity contribution in [3.63, 3.8) is 0 Å². The van der Waals surface area contributed by atoms with Crippen molar-refractivity contribution in [1.82, 2.24) is 5.43 Å². The van der Waals surface area contributed by atoms with E-state index in [-0.39, 0.29) is 11.2 Å². The minimum atomic E-state index is -0.188. The van der Waals surface area contributed by atoms with Crippen LogP contribution in [0.3, 0.4) is 0 Å². The van der Waals surface area contributed by atoms with Crippen LogP contribution in [0.1, 0.15) is 31.4 Å². The molecule has 1 unspecified atom stereocenters. The standard InChI is InChI=1S/C21H24N2O3S/c1-3-18(17-9-10-19-20(13-17)26-12-11-25-19)22-23-21(24)15(2)27-14-16-7-5-4-6-8-16/h4-10,13,15H,3,11-12,14H2,1-2H3,(H,23,24). The van der Waals surface area contributed by atoms with Crippen LogP contribution in [0.2, 0.25) is 0 Å². The molecule has 1 heterocycles. The Balaban J connectivity index is 1.59. The molecule has 0 radical (unpaired) electrons. The molecule has 5 nitrogen and oxygen atoms in total. The topological polar surface area (TPSA) is 59.9 Å². The number of hydrogen-bond acceptors (Lipinski definition) is 5. The fourth-order valence-electron chi connectivity index (χ4n) is 2.66. The zero-order chi connectivity index (χ0) is 19.1. The number of carbonyl (C=O) groups is 1. The first-order chi connectivity index (χ1) is 13.2. The maximum Gasteiger partial charge on any atom is 0.252 e. The lowest BCUT2D eigenvalue weighted by Gasteiger charge is -2.19. The van der Waals surface area contributed by atoms with Gasteiger partial charge in [-0.1, -0.05) is 37.3 Å². The first-order valence-electron chi connectivity index (χ1n) is 9.09. The minimum absolute atomic E-state index is 0.0978. The Morgan fingerprint density at radius 1 is 1.15 bits per heavy atom. The van der Waals surface area contributed by atoms with Crippen LogP contribution in [0.25, 0.3) is 0 Å². The number of nitrogens with zero attached hydrogens (tertiary/aromatic N) is 1. The summed E-state index contributed by atoms with van der Waals surface area (Å²) in [5, 5.41) is 4.16. The lowest BCUT2D eigenvalue weighted by atomic mass is 10.1. The summed E-state index contributed by atoms with van der Waals surface area (Å²) < 4.78 is 11.2. The highest BCUT2D eigenvalue weighted by Gasteiger charge is 2.15. The van der Waals surface area contributed by atoms with Gasteiger partial charge in [0.2, 0.25) is 0 Å². The average Bonchev–Trinajstić information content (AvgIpc) is 2.73. The second-order valence-corrected chi connectivity index (χ2v) is 7.51. The summed E-state index contributed by atoms with van der Waals surface area (Å²) in [5.74, 6) is 2.16. The minimum Gasteiger partial charge on any atom is -0.486 e. The predicted octanol–water partition coefficient (Wildman–Crippen LogP) is 4.01.